The summed E-state index contributed by atoms with van der Waals surface area (Å²) in [5, 5.41) is 0.823. The Morgan fingerprint density at radius 2 is 1.74 bits per heavy atom. The van der Waals surface area contributed by atoms with Crippen molar-refractivity contribution in [2.24, 2.45) is 0 Å². The van der Waals surface area contributed by atoms with Crippen molar-refractivity contribution >= 4 is 10.9 Å². The first-order valence-corrected chi connectivity index (χ1v) is 5.59. The average molecular weight is 255 g/mol. The van der Waals surface area contributed by atoms with Crippen molar-refractivity contribution in [3.8, 4) is 5.69 Å². The number of rotatable bonds is 1. The van der Waals surface area contributed by atoms with Crippen molar-refractivity contribution < 1.29 is 0 Å². The van der Waals surface area contributed by atoms with Gasteiger partial charge in [0.05, 0.1) is 11.2 Å². The zero-order valence-electron chi connectivity index (χ0n) is 9.71. The summed E-state index contributed by atoms with van der Waals surface area (Å²) in [6.07, 6.45) is 1.30. The summed E-state index contributed by atoms with van der Waals surface area (Å²) in [6, 6.07) is 9.34. The molecule has 94 valence electrons. The molecule has 0 saturated heterocycles. The third-order valence-corrected chi connectivity index (χ3v) is 2.82. The molecule has 2 aromatic heterocycles. The molecule has 0 radical (unpaired) electrons. The fourth-order valence-corrected chi connectivity index (χ4v) is 1.94. The van der Waals surface area contributed by atoms with Gasteiger partial charge in [-0.3, -0.25) is 9.59 Å². The first-order valence-electron chi connectivity index (χ1n) is 5.59. The Hall–Kier alpha value is -2.89. The zero-order chi connectivity index (χ0) is 13.4. The van der Waals surface area contributed by atoms with Gasteiger partial charge in [0.25, 0.3) is 5.56 Å². The van der Waals surface area contributed by atoms with Crippen molar-refractivity contribution in [2.45, 2.75) is 0 Å². The van der Waals surface area contributed by atoms with Gasteiger partial charge in [-0.1, -0.05) is 6.07 Å². The van der Waals surface area contributed by atoms with Crippen LogP contribution in [0.5, 0.6) is 0 Å². The Labute approximate surface area is 106 Å². The fourth-order valence-electron chi connectivity index (χ4n) is 1.94. The number of benzene rings is 1. The highest BCUT2D eigenvalue weighted by molar-refractivity contribution is 5.80. The molecule has 0 unspecified atom stereocenters. The number of aromatic nitrogens is 3. The van der Waals surface area contributed by atoms with Crippen molar-refractivity contribution in [3.63, 3.8) is 0 Å². The molecular formula is C13H9N3O3. The normalized spacial score (nSPS) is 10.7. The van der Waals surface area contributed by atoms with E-state index in [1.807, 2.05) is 0 Å². The van der Waals surface area contributed by atoms with E-state index in [0.29, 0.717) is 11.2 Å². The van der Waals surface area contributed by atoms with E-state index >= 15 is 0 Å². The van der Waals surface area contributed by atoms with Crippen LogP contribution in [0.4, 0.5) is 0 Å². The summed E-state index contributed by atoms with van der Waals surface area (Å²) in [5.41, 5.74) is -0.216. The molecule has 0 amide bonds. The second-order valence-corrected chi connectivity index (χ2v) is 4.05. The summed E-state index contributed by atoms with van der Waals surface area (Å²) < 4.78 is 1.00. The molecular weight excluding hydrogens is 246 g/mol. The first-order chi connectivity index (χ1) is 9.15. The van der Waals surface area contributed by atoms with Crippen molar-refractivity contribution in [3.05, 3.63) is 73.8 Å². The molecule has 0 fully saturated rings. The van der Waals surface area contributed by atoms with Gasteiger partial charge in [0.15, 0.2) is 0 Å². The van der Waals surface area contributed by atoms with E-state index in [9.17, 15) is 14.4 Å². The van der Waals surface area contributed by atoms with Crippen LogP contribution in [0, 0.1) is 0 Å². The van der Waals surface area contributed by atoms with Gasteiger partial charge in [0.1, 0.15) is 0 Å². The Kier molecular flexibility index (Phi) is 2.42. The molecule has 0 bridgehead atoms. The second-order valence-electron chi connectivity index (χ2n) is 4.05. The summed E-state index contributed by atoms with van der Waals surface area (Å²) >= 11 is 0. The van der Waals surface area contributed by atoms with E-state index in [1.165, 1.54) is 18.3 Å². The van der Waals surface area contributed by atoms with Gasteiger partial charge >= 0.3 is 5.69 Å². The van der Waals surface area contributed by atoms with Crippen LogP contribution in [0.25, 0.3) is 16.6 Å². The minimum Gasteiger partial charge on any atom is -0.322 e. The van der Waals surface area contributed by atoms with Gasteiger partial charge in [-0.2, -0.15) is 0 Å². The van der Waals surface area contributed by atoms with E-state index in [2.05, 4.69) is 9.97 Å². The topological polar surface area (TPSA) is 87.7 Å². The lowest BCUT2D eigenvalue weighted by Crippen LogP contribution is -2.32. The maximum absolute atomic E-state index is 11.7. The third kappa shape index (κ3) is 1.89. The number of fused-ring (bicyclic) bond motifs is 1. The van der Waals surface area contributed by atoms with Gasteiger partial charge in [-0.15, -0.1) is 0 Å². The van der Waals surface area contributed by atoms with Crippen LogP contribution < -0.4 is 16.8 Å². The van der Waals surface area contributed by atoms with Crippen LogP contribution in [-0.2, 0) is 0 Å². The number of aromatic amines is 2. The van der Waals surface area contributed by atoms with E-state index in [0.717, 1.165) is 9.95 Å². The van der Waals surface area contributed by atoms with Crippen LogP contribution >= 0.6 is 0 Å². The van der Waals surface area contributed by atoms with E-state index < -0.39 is 11.2 Å². The number of hydrogen-bond acceptors (Lipinski definition) is 3. The summed E-state index contributed by atoms with van der Waals surface area (Å²) in [4.78, 5) is 39.8. The van der Waals surface area contributed by atoms with Crippen molar-refractivity contribution in [2.75, 3.05) is 0 Å². The number of pyridine rings is 1. The maximum Gasteiger partial charge on any atom is 0.332 e. The highest BCUT2D eigenvalue weighted by Crippen LogP contribution is 2.13. The lowest BCUT2D eigenvalue weighted by atomic mass is 10.2. The molecule has 1 aromatic carbocycles. The lowest BCUT2D eigenvalue weighted by molar-refractivity contribution is 0.876. The van der Waals surface area contributed by atoms with Crippen LogP contribution in [0.3, 0.4) is 0 Å². The molecule has 0 spiro atoms. The monoisotopic (exact) mass is 255 g/mol. The highest BCUT2D eigenvalue weighted by Gasteiger charge is 2.04. The lowest BCUT2D eigenvalue weighted by Gasteiger charge is -2.05. The Morgan fingerprint density at radius 1 is 0.947 bits per heavy atom. The largest absolute Gasteiger partial charge is 0.332 e. The molecule has 0 atom stereocenters. The van der Waals surface area contributed by atoms with Crippen molar-refractivity contribution in [1.82, 2.24) is 14.5 Å². The quantitative estimate of drug-likeness (QED) is 0.658. The molecule has 0 aliphatic carbocycles. The smallest absolute Gasteiger partial charge is 0.322 e. The molecule has 19 heavy (non-hydrogen) atoms. The summed E-state index contributed by atoms with van der Waals surface area (Å²) in [5.74, 6) is 0. The third-order valence-electron chi connectivity index (χ3n) is 2.82. The number of H-pyrrole nitrogens is 2. The molecule has 0 aliphatic heterocycles. The highest BCUT2D eigenvalue weighted by atomic mass is 16.2. The molecule has 0 saturated carbocycles. The van der Waals surface area contributed by atoms with Crippen LogP contribution in [0.1, 0.15) is 0 Å². The molecule has 2 heterocycles. The van der Waals surface area contributed by atoms with Crippen LogP contribution in [0.15, 0.2) is 57.0 Å². The summed E-state index contributed by atoms with van der Waals surface area (Å²) in [7, 11) is 0. The number of hydrogen-bond donors (Lipinski definition) is 2. The van der Waals surface area contributed by atoms with E-state index in [-0.39, 0.29) is 5.56 Å². The number of nitrogens with zero attached hydrogens (tertiary/aromatic N) is 1. The van der Waals surface area contributed by atoms with Crippen LogP contribution in [0.2, 0.25) is 0 Å². The number of nitrogens with one attached hydrogen (secondary N) is 2. The standard InChI is InChI=1S/C13H9N3O3/c17-11-4-2-8-1-3-9(7-10(8)15-11)16-12(18)5-6-14-13(16)19/h1-7H,(H,14,19)(H,15,17). The predicted octanol–water partition coefficient (Wildman–Crippen LogP) is 0.367. The molecule has 2 N–H and O–H groups in total. The second kappa shape index (κ2) is 4.09. The molecule has 3 rings (SSSR count). The SMILES string of the molecule is O=c1ccc2ccc(-n3c(=O)cc[nH]c3=O)cc2[nH]1. The molecule has 0 aliphatic rings. The Bertz CT molecular complexity index is 906. The van der Waals surface area contributed by atoms with E-state index in [4.69, 9.17) is 0 Å². The van der Waals surface area contributed by atoms with Gasteiger partial charge < -0.3 is 9.97 Å². The van der Waals surface area contributed by atoms with Gasteiger partial charge in [-0.25, -0.2) is 9.36 Å². The molecule has 6 nitrogen and oxygen atoms in total. The predicted molar refractivity (Wildman–Crippen MR) is 70.8 cm³/mol. The van der Waals surface area contributed by atoms with Gasteiger partial charge in [0, 0.05) is 18.3 Å². The maximum atomic E-state index is 11.7. The van der Waals surface area contributed by atoms with E-state index in [1.54, 1.807) is 24.3 Å². The minimum absolute atomic E-state index is 0.237. The summed E-state index contributed by atoms with van der Waals surface area (Å²) in [6.45, 7) is 0. The Morgan fingerprint density at radius 3 is 2.53 bits per heavy atom. The van der Waals surface area contributed by atoms with Crippen molar-refractivity contribution in [1.29, 1.82) is 0 Å². The first kappa shape index (κ1) is 11.2. The average Bonchev–Trinajstić information content (AvgIpc) is 2.38. The minimum atomic E-state index is -0.523. The zero-order valence-corrected chi connectivity index (χ0v) is 9.71. The van der Waals surface area contributed by atoms with Crippen LogP contribution in [-0.4, -0.2) is 14.5 Å². The molecule has 6 heteroatoms. The fraction of sp³-hybridized carbons (Fsp3) is 0. The molecule has 3 aromatic rings. The van der Waals surface area contributed by atoms with Gasteiger partial charge in [-0.05, 0) is 23.6 Å². The van der Waals surface area contributed by atoms with Gasteiger partial charge in [0.2, 0.25) is 5.56 Å². The Balaban J connectivity index is 2.35.